The van der Waals surface area contributed by atoms with E-state index in [1.54, 1.807) is 36.4 Å². The van der Waals surface area contributed by atoms with Crippen molar-refractivity contribution in [2.45, 2.75) is 31.1 Å². The molecule has 5 nitrogen and oxygen atoms in total. The van der Waals surface area contributed by atoms with Gasteiger partial charge in [0.05, 0.1) is 17.6 Å². The number of methoxy groups -OCH3 is 1. The third-order valence-electron chi connectivity index (χ3n) is 4.94. The van der Waals surface area contributed by atoms with E-state index in [1.807, 2.05) is 24.3 Å². The summed E-state index contributed by atoms with van der Waals surface area (Å²) in [6, 6.07) is 18.1. The number of esters is 1. The predicted molar refractivity (Wildman–Crippen MR) is 114 cm³/mol. The number of sulfonamides is 1. The SMILES string of the molecule is COC(=O)c1cc(CCNS(=O)(=O)c2ccccc2)c2ccc(C(C)C)ccc1-2. The highest BCUT2D eigenvalue weighted by Gasteiger charge is 2.21. The minimum absolute atomic E-state index is 0.229. The zero-order valence-electron chi connectivity index (χ0n) is 16.8. The summed E-state index contributed by atoms with van der Waals surface area (Å²) in [5.74, 6) is -0.0439. The van der Waals surface area contributed by atoms with Gasteiger partial charge in [-0.05, 0) is 52.8 Å². The summed E-state index contributed by atoms with van der Waals surface area (Å²) in [6.45, 7) is 4.45. The molecule has 0 heterocycles. The molecule has 3 rings (SSSR count). The minimum atomic E-state index is -3.57. The van der Waals surface area contributed by atoms with Crippen LogP contribution in [-0.2, 0) is 21.2 Å². The highest BCUT2D eigenvalue weighted by molar-refractivity contribution is 7.89. The first-order valence-electron chi connectivity index (χ1n) is 9.52. The Bertz CT molecular complexity index is 1080. The lowest BCUT2D eigenvalue weighted by Crippen LogP contribution is -2.25. The largest absolute Gasteiger partial charge is 0.465 e. The maximum Gasteiger partial charge on any atom is 0.338 e. The lowest BCUT2D eigenvalue weighted by molar-refractivity contribution is 0.0602. The second-order valence-electron chi connectivity index (χ2n) is 7.18. The molecule has 0 unspecified atom stereocenters. The van der Waals surface area contributed by atoms with Crippen molar-refractivity contribution in [1.82, 2.24) is 4.72 Å². The van der Waals surface area contributed by atoms with E-state index in [1.165, 1.54) is 7.11 Å². The number of hydrogen-bond donors (Lipinski definition) is 1. The fourth-order valence-electron chi connectivity index (χ4n) is 3.31. The Labute approximate surface area is 172 Å². The van der Waals surface area contributed by atoms with E-state index in [4.69, 9.17) is 4.74 Å². The van der Waals surface area contributed by atoms with Crippen LogP contribution in [-0.4, -0.2) is 28.0 Å². The summed E-state index contributed by atoms with van der Waals surface area (Å²) in [7, 11) is -2.21. The van der Waals surface area contributed by atoms with Crippen molar-refractivity contribution in [2.75, 3.05) is 13.7 Å². The molecule has 0 aromatic heterocycles. The fraction of sp³-hybridized carbons (Fsp3) is 0.261. The highest BCUT2D eigenvalue weighted by Crippen LogP contribution is 2.34. The minimum Gasteiger partial charge on any atom is -0.465 e. The first kappa shape index (κ1) is 21.0. The van der Waals surface area contributed by atoms with Crippen molar-refractivity contribution >= 4 is 16.0 Å². The molecule has 0 fully saturated rings. The Morgan fingerprint density at radius 3 is 2.28 bits per heavy atom. The van der Waals surface area contributed by atoms with Crippen LogP contribution < -0.4 is 4.72 Å². The average Bonchev–Trinajstić information content (AvgIpc) is 2.90. The Hall–Kier alpha value is -2.70. The second kappa shape index (κ2) is 8.76. The molecule has 0 atom stereocenters. The van der Waals surface area contributed by atoms with E-state index in [0.29, 0.717) is 17.9 Å². The molecular weight excluding hydrogens is 386 g/mol. The molecule has 0 amide bonds. The van der Waals surface area contributed by atoms with Crippen LogP contribution in [0.3, 0.4) is 0 Å². The van der Waals surface area contributed by atoms with Gasteiger partial charge in [0.15, 0.2) is 0 Å². The zero-order chi connectivity index (χ0) is 21.0. The van der Waals surface area contributed by atoms with Crippen LogP contribution in [0.1, 0.15) is 41.3 Å². The highest BCUT2D eigenvalue weighted by atomic mass is 32.2. The second-order valence-corrected chi connectivity index (χ2v) is 8.95. The molecule has 6 heteroatoms. The van der Waals surface area contributed by atoms with Crippen molar-refractivity contribution in [3.05, 3.63) is 77.4 Å². The molecular formula is C23H25NO4S. The molecule has 1 N–H and O–H groups in total. The number of benzene rings is 1. The van der Waals surface area contributed by atoms with Crippen LogP contribution >= 0.6 is 0 Å². The number of carbonyl (C=O) groups excluding carboxylic acids is 1. The van der Waals surface area contributed by atoms with Crippen LogP contribution in [0.15, 0.2) is 65.6 Å². The van der Waals surface area contributed by atoms with Gasteiger partial charge in [-0.2, -0.15) is 0 Å². The molecule has 0 saturated carbocycles. The molecule has 0 spiro atoms. The normalized spacial score (nSPS) is 11.7. The van der Waals surface area contributed by atoms with Crippen LogP contribution in [0.4, 0.5) is 0 Å². The van der Waals surface area contributed by atoms with Crippen LogP contribution in [0, 0.1) is 0 Å². The standard InChI is InChI=1S/C23H25NO4S/c1-16(2)17-9-11-20-18(15-22(23(25)28-3)21(20)12-10-17)13-14-24-29(26,27)19-7-5-4-6-8-19/h4-12,15-16,24H,13-14H2,1-3H3. The van der Waals surface area contributed by atoms with Crippen molar-refractivity contribution in [3.8, 4) is 11.1 Å². The quantitative estimate of drug-likeness (QED) is 0.591. The fourth-order valence-corrected chi connectivity index (χ4v) is 4.37. The number of rotatable bonds is 7. The summed E-state index contributed by atoms with van der Waals surface area (Å²) in [5, 5.41) is 0. The molecule has 2 aliphatic carbocycles. The van der Waals surface area contributed by atoms with Crippen molar-refractivity contribution < 1.29 is 17.9 Å². The van der Waals surface area contributed by atoms with E-state index < -0.39 is 16.0 Å². The maximum absolute atomic E-state index is 12.4. The zero-order valence-corrected chi connectivity index (χ0v) is 17.6. The lowest BCUT2D eigenvalue weighted by Gasteiger charge is -2.07. The van der Waals surface area contributed by atoms with E-state index in [-0.39, 0.29) is 11.4 Å². The smallest absolute Gasteiger partial charge is 0.338 e. The van der Waals surface area contributed by atoms with Gasteiger partial charge >= 0.3 is 5.97 Å². The predicted octanol–water partition coefficient (Wildman–Crippen LogP) is 4.22. The number of hydrogen-bond acceptors (Lipinski definition) is 4. The third kappa shape index (κ3) is 4.66. The van der Waals surface area contributed by atoms with Gasteiger partial charge in [-0.3, -0.25) is 0 Å². The molecule has 0 saturated heterocycles. The van der Waals surface area contributed by atoms with Crippen molar-refractivity contribution in [2.24, 2.45) is 0 Å². The Kier molecular flexibility index (Phi) is 6.35. The first-order valence-corrected chi connectivity index (χ1v) is 11.0. The molecule has 0 radical (unpaired) electrons. The molecule has 0 bridgehead atoms. The van der Waals surface area contributed by atoms with Gasteiger partial charge in [0, 0.05) is 6.54 Å². The van der Waals surface area contributed by atoms with Crippen LogP contribution in [0.2, 0.25) is 0 Å². The summed E-state index contributed by atoms with van der Waals surface area (Å²) < 4.78 is 32.4. The molecule has 152 valence electrons. The molecule has 1 aromatic rings. The molecule has 0 aliphatic heterocycles. The topological polar surface area (TPSA) is 72.5 Å². The molecule has 2 aliphatic rings. The molecule has 29 heavy (non-hydrogen) atoms. The monoisotopic (exact) mass is 411 g/mol. The first-order chi connectivity index (χ1) is 13.8. The van der Waals surface area contributed by atoms with E-state index >= 15 is 0 Å². The number of nitrogens with one attached hydrogen (secondary N) is 1. The van der Waals surface area contributed by atoms with Gasteiger partial charge in [0.2, 0.25) is 10.0 Å². The van der Waals surface area contributed by atoms with Gasteiger partial charge in [-0.25, -0.2) is 17.9 Å². The lowest BCUT2D eigenvalue weighted by atomic mass is 10.1. The number of ether oxygens (including phenoxy) is 1. The van der Waals surface area contributed by atoms with E-state index in [0.717, 1.165) is 22.3 Å². The van der Waals surface area contributed by atoms with Gasteiger partial charge in [-0.1, -0.05) is 56.3 Å². The van der Waals surface area contributed by atoms with Crippen LogP contribution in [0.25, 0.3) is 11.1 Å². The Morgan fingerprint density at radius 1 is 1.00 bits per heavy atom. The summed E-state index contributed by atoms with van der Waals surface area (Å²) >= 11 is 0. The number of fused-ring (bicyclic) bond motifs is 1. The van der Waals surface area contributed by atoms with Crippen LogP contribution in [0.5, 0.6) is 0 Å². The number of carbonyl (C=O) groups is 1. The maximum atomic E-state index is 12.4. The summed E-state index contributed by atoms with van der Waals surface area (Å²) in [5.41, 5.74) is 4.30. The Morgan fingerprint density at radius 2 is 1.66 bits per heavy atom. The average molecular weight is 412 g/mol. The van der Waals surface area contributed by atoms with E-state index in [2.05, 4.69) is 18.6 Å². The van der Waals surface area contributed by atoms with E-state index in [9.17, 15) is 13.2 Å². The van der Waals surface area contributed by atoms with Crippen molar-refractivity contribution in [1.29, 1.82) is 0 Å². The third-order valence-corrected chi connectivity index (χ3v) is 6.42. The summed E-state index contributed by atoms with van der Waals surface area (Å²) in [6.07, 6.45) is 0.459. The Balaban J connectivity index is 1.88. The van der Waals surface area contributed by atoms with Crippen molar-refractivity contribution in [3.63, 3.8) is 0 Å². The molecule has 1 aromatic carbocycles. The van der Waals surface area contributed by atoms with Gasteiger partial charge < -0.3 is 4.74 Å². The van der Waals surface area contributed by atoms with Gasteiger partial charge in [0.1, 0.15) is 0 Å². The van der Waals surface area contributed by atoms with Gasteiger partial charge in [-0.15, -0.1) is 0 Å². The summed E-state index contributed by atoms with van der Waals surface area (Å²) in [4.78, 5) is 12.5. The van der Waals surface area contributed by atoms with Gasteiger partial charge in [0.25, 0.3) is 0 Å².